The Morgan fingerprint density at radius 1 is 1.19 bits per heavy atom. The topological polar surface area (TPSA) is 93.0 Å². The fourth-order valence-corrected chi connectivity index (χ4v) is 4.21. The van der Waals surface area contributed by atoms with Crippen LogP contribution in [0.5, 0.6) is 0 Å². The standard InChI is InChI=1S/C17H25N5O3S/c1-2-13-11-26-16-14(13)15(21(7-9-23)8-10-24)18-17(19-16)22-5-3-20(12-25)4-6-22/h11-12,23-24H,2-10H2,1H3. The molecule has 0 atom stereocenters. The number of thiophene rings is 1. The van der Waals surface area contributed by atoms with Gasteiger partial charge in [-0.05, 0) is 17.4 Å². The molecule has 0 spiro atoms. The lowest BCUT2D eigenvalue weighted by Gasteiger charge is -2.33. The molecule has 26 heavy (non-hydrogen) atoms. The number of aliphatic hydroxyl groups is 2. The lowest BCUT2D eigenvalue weighted by molar-refractivity contribution is -0.118. The first-order valence-electron chi connectivity index (χ1n) is 8.90. The number of aliphatic hydroxyl groups excluding tert-OH is 2. The van der Waals surface area contributed by atoms with Crippen molar-refractivity contribution in [3.63, 3.8) is 0 Å². The molecule has 0 radical (unpaired) electrons. The summed E-state index contributed by atoms with van der Waals surface area (Å²) < 4.78 is 0. The maximum absolute atomic E-state index is 10.9. The summed E-state index contributed by atoms with van der Waals surface area (Å²) in [6, 6.07) is 0. The first-order valence-corrected chi connectivity index (χ1v) is 9.78. The van der Waals surface area contributed by atoms with Gasteiger partial charge in [0.25, 0.3) is 0 Å². The Morgan fingerprint density at radius 2 is 1.88 bits per heavy atom. The first-order chi connectivity index (χ1) is 12.7. The SMILES string of the molecule is CCc1csc2nc(N3CCN(C=O)CC3)nc(N(CCO)CCO)c12. The first kappa shape index (κ1) is 18.8. The lowest BCUT2D eigenvalue weighted by atomic mass is 10.2. The van der Waals surface area contributed by atoms with Gasteiger partial charge in [0.15, 0.2) is 0 Å². The van der Waals surface area contributed by atoms with E-state index in [1.165, 1.54) is 5.56 Å². The van der Waals surface area contributed by atoms with Crippen LogP contribution in [0.25, 0.3) is 10.2 Å². The number of amides is 1. The molecule has 0 saturated carbocycles. The third-order valence-corrected chi connectivity index (χ3v) is 5.57. The van der Waals surface area contributed by atoms with E-state index in [1.54, 1.807) is 16.2 Å². The van der Waals surface area contributed by atoms with E-state index in [0.717, 1.165) is 28.9 Å². The van der Waals surface area contributed by atoms with E-state index in [4.69, 9.17) is 9.97 Å². The molecule has 142 valence electrons. The highest BCUT2D eigenvalue weighted by molar-refractivity contribution is 7.17. The van der Waals surface area contributed by atoms with Crippen molar-refractivity contribution in [2.75, 3.05) is 62.3 Å². The summed E-state index contributed by atoms with van der Waals surface area (Å²) in [4.78, 5) is 27.2. The lowest BCUT2D eigenvalue weighted by Crippen LogP contribution is -2.46. The number of piperazine rings is 1. The number of fused-ring (bicyclic) bond motifs is 1. The number of anilines is 2. The van der Waals surface area contributed by atoms with E-state index in [2.05, 4.69) is 17.2 Å². The third kappa shape index (κ3) is 3.74. The molecule has 2 aromatic heterocycles. The Morgan fingerprint density at radius 3 is 2.46 bits per heavy atom. The highest BCUT2D eigenvalue weighted by Gasteiger charge is 2.23. The van der Waals surface area contributed by atoms with Gasteiger partial charge in [0.1, 0.15) is 10.6 Å². The molecule has 1 saturated heterocycles. The molecular formula is C17H25N5O3S. The molecule has 1 aliphatic rings. The van der Waals surface area contributed by atoms with E-state index < -0.39 is 0 Å². The normalized spacial score (nSPS) is 14.9. The largest absolute Gasteiger partial charge is 0.395 e. The number of carbonyl (C=O) groups excluding carboxylic acids is 1. The zero-order valence-corrected chi connectivity index (χ0v) is 15.8. The van der Waals surface area contributed by atoms with Crippen molar-refractivity contribution in [3.8, 4) is 0 Å². The van der Waals surface area contributed by atoms with Gasteiger partial charge in [-0.15, -0.1) is 11.3 Å². The average Bonchev–Trinajstić information content (AvgIpc) is 3.10. The Bertz CT molecular complexity index is 739. The zero-order chi connectivity index (χ0) is 18.5. The molecule has 2 aromatic rings. The van der Waals surface area contributed by atoms with Crippen molar-refractivity contribution in [3.05, 3.63) is 10.9 Å². The van der Waals surface area contributed by atoms with Gasteiger partial charge < -0.3 is 24.9 Å². The van der Waals surface area contributed by atoms with Crippen LogP contribution < -0.4 is 9.80 Å². The molecule has 0 unspecified atom stereocenters. The summed E-state index contributed by atoms with van der Waals surface area (Å²) in [6.07, 6.45) is 1.75. The van der Waals surface area contributed by atoms with Crippen molar-refractivity contribution in [1.82, 2.24) is 14.9 Å². The van der Waals surface area contributed by atoms with Gasteiger partial charge in [0.2, 0.25) is 12.4 Å². The molecule has 8 nitrogen and oxygen atoms in total. The van der Waals surface area contributed by atoms with Crippen LogP contribution in [0.3, 0.4) is 0 Å². The summed E-state index contributed by atoms with van der Waals surface area (Å²) in [7, 11) is 0. The van der Waals surface area contributed by atoms with Gasteiger partial charge in [0.05, 0.1) is 18.6 Å². The highest BCUT2D eigenvalue weighted by atomic mass is 32.1. The van der Waals surface area contributed by atoms with Gasteiger partial charge >= 0.3 is 0 Å². The van der Waals surface area contributed by atoms with Gasteiger partial charge in [-0.1, -0.05) is 6.92 Å². The molecule has 0 bridgehead atoms. The van der Waals surface area contributed by atoms with Crippen molar-refractivity contribution in [2.24, 2.45) is 0 Å². The molecule has 1 amide bonds. The Kier molecular flexibility index (Phi) is 6.23. The predicted molar refractivity (Wildman–Crippen MR) is 103 cm³/mol. The van der Waals surface area contributed by atoms with Gasteiger partial charge in [-0.25, -0.2) is 4.98 Å². The van der Waals surface area contributed by atoms with E-state index in [-0.39, 0.29) is 13.2 Å². The molecule has 1 aliphatic heterocycles. The maximum Gasteiger partial charge on any atom is 0.228 e. The minimum atomic E-state index is -0.00949. The Hall–Kier alpha value is -1.97. The van der Waals surface area contributed by atoms with Crippen molar-refractivity contribution in [1.29, 1.82) is 0 Å². The van der Waals surface area contributed by atoms with Gasteiger partial charge in [-0.2, -0.15) is 4.98 Å². The van der Waals surface area contributed by atoms with E-state index in [0.29, 0.717) is 45.2 Å². The van der Waals surface area contributed by atoms with E-state index in [9.17, 15) is 15.0 Å². The second-order valence-corrected chi connectivity index (χ2v) is 7.06. The molecule has 3 heterocycles. The van der Waals surface area contributed by atoms with Crippen LogP contribution in [-0.2, 0) is 11.2 Å². The highest BCUT2D eigenvalue weighted by Crippen LogP contribution is 2.34. The number of rotatable bonds is 8. The monoisotopic (exact) mass is 379 g/mol. The average molecular weight is 379 g/mol. The predicted octanol–water partition coefficient (Wildman–Crippen LogP) is 0.323. The van der Waals surface area contributed by atoms with Crippen LogP contribution in [0.4, 0.5) is 11.8 Å². The van der Waals surface area contributed by atoms with Crippen molar-refractivity contribution >= 4 is 39.7 Å². The van der Waals surface area contributed by atoms with E-state index >= 15 is 0 Å². The van der Waals surface area contributed by atoms with Gasteiger partial charge in [-0.3, -0.25) is 4.79 Å². The smallest absolute Gasteiger partial charge is 0.228 e. The zero-order valence-electron chi connectivity index (χ0n) is 15.0. The van der Waals surface area contributed by atoms with Crippen LogP contribution >= 0.6 is 11.3 Å². The molecule has 9 heteroatoms. The molecule has 1 fully saturated rings. The molecular weight excluding hydrogens is 354 g/mol. The maximum atomic E-state index is 10.9. The van der Waals surface area contributed by atoms with Crippen molar-refractivity contribution < 1.29 is 15.0 Å². The fourth-order valence-electron chi connectivity index (χ4n) is 3.19. The summed E-state index contributed by atoms with van der Waals surface area (Å²) in [5, 5.41) is 22.0. The molecule has 3 rings (SSSR count). The second-order valence-electron chi connectivity index (χ2n) is 6.20. The minimum absolute atomic E-state index is 0.00949. The van der Waals surface area contributed by atoms with Crippen LogP contribution in [0, 0.1) is 0 Å². The van der Waals surface area contributed by atoms with Crippen LogP contribution in [0.1, 0.15) is 12.5 Å². The molecule has 0 aromatic carbocycles. The summed E-state index contributed by atoms with van der Waals surface area (Å²) in [5.74, 6) is 1.41. The van der Waals surface area contributed by atoms with Crippen LogP contribution in [0.15, 0.2) is 5.38 Å². The summed E-state index contributed by atoms with van der Waals surface area (Å²) >= 11 is 1.59. The van der Waals surface area contributed by atoms with Gasteiger partial charge in [0, 0.05) is 39.3 Å². The number of aromatic nitrogens is 2. The van der Waals surface area contributed by atoms with Crippen LogP contribution in [-0.4, -0.2) is 84.0 Å². The Labute approximate surface area is 156 Å². The molecule has 2 N–H and O–H groups in total. The second kappa shape index (κ2) is 8.61. The van der Waals surface area contributed by atoms with E-state index in [1.807, 2.05) is 4.90 Å². The molecule has 0 aliphatic carbocycles. The number of hydrogen-bond acceptors (Lipinski definition) is 8. The van der Waals surface area contributed by atoms with Crippen molar-refractivity contribution in [2.45, 2.75) is 13.3 Å². The number of aryl methyl sites for hydroxylation is 1. The number of carbonyl (C=O) groups is 1. The summed E-state index contributed by atoms with van der Waals surface area (Å²) in [5.41, 5.74) is 1.18. The quantitative estimate of drug-likeness (QED) is 0.638. The van der Waals surface area contributed by atoms with Crippen LogP contribution in [0.2, 0.25) is 0 Å². The number of hydrogen-bond donors (Lipinski definition) is 2. The Balaban J connectivity index is 2.02. The third-order valence-electron chi connectivity index (χ3n) is 4.65. The number of nitrogens with zero attached hydrogens (tertiary/aromatic N) is 5. The fraction of sp³-hybridized carbons (Fsp3) is 0.588. The minimum Gasteiger partial charge on any atom is -0.395 e. The summed E-state index contributed by atoms with van der Waals surface area (Å²) in [6.45, 7) is 5.58.